The Hall–Kier alpha value is -3.03. The fraction of sp³-hybridized carbons (Fsp3) is 0.364. The van der Waals surface area contributed by atoms with Crippen LogP contribution >= 0.6 is 0 Å². The molecule has 2 amide bonds. The summed E-state index contributed by atoms with van der Waals surface area (Å²) < 4.78 is 40.9. The third kappa shape index (κ3) is 4.42. The van der Waals surface area contributed by atoms with Gasteiger partial charge in [0.15, 0.2) is 0 Å². The minimum Gasteiger partial charge on any atom is -0.406 e. The highest BCUT2D eigenvalue weighted by Gasteiger charge is 2.44. The number of piperidine rings is 1. The molecule has 0 radical (unpaired) electrons. The lowest BCUT2D eigenvalue weighted by molar-refractivity contribution is -0.274. The molecule has 158 valence electrons. The molecule has 4 rings (SSSR count). The van der Waals surface area contributed by atoms with Gasteiger partial charge in [-0.2, -0.15) is 0 Å². The summed E-state index contributed by atoms with van der Waals surface area (Å²) in [5.74, 6) is -0.590. The van der Waals surface area contributed by atoms with Crippen LogP contribution in [-0.2, 0) is 16.0 Å². The van der Waals surface area contributed by atoms with E-state index in [-0.39, 0.29) is 29.4 Å². The maximum Gasteiger partial charge on any atom is 0.573 e. The van der Waals surface area contributed by atoms with E-state index in [4.69, 9.17) is 0 Å². The normalized spacial score (nSPS) is 21.5. The van der Waals surface area contributed by atoms with E-state index in [2.05, 4.69) is 4.74 Å². The Morgan fingerprint density at radius 3 is 2.40 bits per heavy atom. The summed E-state index contributed by atoms with van der Waals surface area (Å²) in [4.78, 5) is 29.0. The number of benzene rings is 2. The quantitative estimate of drug-likeness (QED) is 0.762. The molecule has 2 aromatic rings. The van der Waals surface area contributed by atoms with Gasteiger partial charge in [0.05, 0.1) is 12.3 Å². The number of alkyl halides is 3. The zero-order valence-corrected chi connectivity index (χ0v) is 16.1. The van der Waals surface area contributed by atoms with Crippen molar-refractivity contribution in [3.8, 4) is 5.75 Å². The summed E-state index contributed by atoms with van der Waals surface area (Å²) in [7, 11) is 0. The molecule has 8 heteroatoms. The summed E-state index contributed by atoms with van der Waals surface area (Å²) in [5, 5.41) is 0. The molecule has 2 aliphatic rings. The Balaban J connectivity index is 1.40. The van der Waals surface area contributed by atoms with E-state index >= 15 is 0 Å². The summed E-state index contributed by atoms with van der Waals surface area (Å²) >= 11 is 0. The summed E-state index contributed by atoms with van der Waals surface area (Å²) in [5.41, 5.74) is 1.47. The van der Waals surface area contributed by atoms with Crippen molar-refractivity contribution < 1.29 is 27.5 Å². The lowest BCUT2D eigenvalue weighted by atomic mass is 9.87. The standard InChI is InChI=1S/C22H21F3N2O3/c23-22(24,25)30-18-8-6-17(7-9-18)27-11-10-16-13-26(14-19(16)21(27)29)20(28)12-15-4-2-1-3-5-15/h1-9,16,19H,10-14H2. The van der Waals surface area contributed by atoms with Crippen LogP contribution in [0.5, 0.6) is 5.75 Å². The molecule has 0 aliphatic carbocycles. The molecule has 2 heterocycles. The second-order valence-electron chi connectivity index (χ2n) is 7.65. The van der Waals surface area contributed by atoms with Crippen LogP contribution in [0.2, 0.25) is 0 Å². The number of rotatable bonds is 4. The van der Waals surface area contributed by atoms with E-state index in [1.54, 1.807) is 9.80 Å². The van der Waals surface area contributed by atoms with E-state index in [0.717, 1.165) is 12.0 Å². The predicted octanol–water partition coefficient (Wildman–Crippen LogP) is 3.64. The van der Waals surface area contributed by atoms with Gasteiger partial charge in [0.1, 0.15) is 5.75 Å². The maximum absolute atomic E-state index is 13.0. The number of ether oxygens (including phenoxy) is 1. The second kappa shape index (κ2) is 8.01. The average molecular weight is 418 g/mol. The Morgan fingerprint density at radius 2 is 1.73 bits per heavy atom. The molecule has 2 unspecified atom stereocenters. The van der Waals surface area contributed by atoms with Crippen LogP contribution in [0.1, 0.15) is 12.0 Å². The minimum absolute atomic E-state index is 0.00334. The third-order valence-electron chi connectivity index (χ3n) is 5.68. The highest BCUT2D eigenvalue weighted by molar-refractivity contribution is 5.97. The van der Waals surface area contributed by atoms with Crippen molar-refractivity contribution in [3.05, 3.63) is 60.2 Å². The SMILES string of the molecule is O=C(Cc1ccccc1)N1CC2CCN(c3ccc(OC(F)(F)F)cc3)C(=O)C2C1. The first kappa shape index (κ1) is 20.3. The van der Waals surface area contributed by atoms with Crippen molar-refractivity contribution in [3.63, 3.8) is 0 Å². The molecular weight excluding hydrogens is 397 g/mol. The van der Waals surface area contributed by atoms with Crippen molar-refractivity contribution in [1.29, 1.82) is 0 Å². The van der Waals surface area contributed by atoms with Gasteiger partial charge in [-0.3, -0.25) is 9.59 Å². The molecule has 0 spiro atoms. The van der Waals surface area contributed by atoms with Gasteiger partial charge < -0.3 is 14.5 Å². The first-order valence-electron chi connectivity index (χ1n) is 9.79. The molecule has 0 aromatic heterocycles. The van der Waals surface area contributed by atoms with Crippen molar-refractivity contribution >= 4 is 17.5 Å². The third-order valence-corrected chi connectivity index (χ3v) is 5.68. The fourth-order valence-corrected chi connectivity index (χ4v) is 4.22. The van der Waals surface area contributed by atoms with Gasteiger partial charge in [-0.25, -0.2) is 0 Å². The molecule has 2 fully saturated rings. The highest BCUT2D eigenvalue weighted by Crippen LogP contribution is 2.35. The van der Waals surface area contributed by atoms with E-state index < -0.39 is 6.36 Å². The molecule has 2 saturated heterocycles. The largest absolute Gasteiger partial charge is 0.573 e. The Morgan fingerprint density at radius 1 is 1.03 bits per heavy atom. The second-order valence-corrected chi connectivity index (χ2v) is 7.65. The van der Waals surface area contributed by atoms with Gasteiger partial charge in [-0.05, 0) is 42.2 Å². The van der Waals surface area contributed by atoms with Crippen LogP contribution in [0.3, 0.4) is 0 Å². The van der Waals surface area contributed by atoms with E-state index in [0.29, 0.717) is 31.7 Å². The van der Waals surface area contributed by atoms with Crippen molar-refractivity contribution in [1.82, 2.24) is 4.90 Å². The van der Waals surface area contributed by atoms with E-state index in [1.807, 2.05) is 30.3 Å². The lowest BCUT2D eigenvalue weighted by Gasteiger charge is -2.33. The van der Waals surface area contributed by atoms with Gasteiger partial charge >= 0.3 is 6.36 Å². The lowest BCUT2D eigenvalue weighted by Crippen LogP contribution is -2.45. The summed E-state index contributed by atoms with van der Waals surface area (Å²) in [6.45, 7) is 1.41. The Bertz CT molecular complexity index is 915. The zero-order valence-electron chi connectivity index (χ0n) is 16.1. The number of nitrogens with zero attached hydrogens (tertiary/aromatic N) is 2. The Labute approximate surface area is 172 Å². The van der Waals surface area contributed by atoms with Crippen LogP contribution in [-0.4, -0.2) is 42.7 Å². The molecule has 0 N–H and O–H groups in total. The van der Waals surface area contributed by atoms with Crippen molar-refractivity contribution in [2.24, 2.45) is 11.8 Å². The number of fused-ring (bicyclic) bond motifs is 1. The van der Waals surface area contributed by atoms with Crippen LogP contribution in [0, 0.1) is 11.8 Å². The van der Waals surface area contributed by atoms with Crippen LogP contribution < -0.4 is 9.64 Å². The zero-order chi connectivity index (χ0) is 21.3. The van der Waals surface area contributed by atoms with Gasteiger partial charge in [-0.1, -0.05) is 30.3 Å². The number of carbonyl (C=O) groups is 2. The molecule has 0 saturated carbocycles. The first-order chi connectivity index (χ1) is 14.3. The van der Waals surface area contributed by atoms with Crippen molar-refractivity contribution in [2.45, 2.75) is 19.2 Å². The van der Waals surface area contributed by atoms with Crippen LogP contribution in [0.4, 0.5) is 18.9 Å². The molecule has 5 nitrogen and oxygen atoms in total. The molecular formula is C22H21F3N2O3. The highest BCUT2D eigenvalue weighted by atomic mass is 19.4. The number of anilines is 1. The molecule has 2 aliphatic heterocycles. The van der Waals surface area contributed by atoms with Gasteiger partial charge in [0.2, 0.25) is 11.8 Å². The molecule has 2 atom stereocenters. The van der Waals surface area contributed by atoms with Gasteiger partial charge in [0.25, 0.3) is 0 Å². The van der Waals surface area contributed by atoms with Crippen LogP contribution in [0.15, 0.2) is 54.6 Å². The minimum atomic E-state index is -4.75. The number of hydrogen-bond donors (Lipinski definition) is 0. The topological polar surface area (TPSA) is 49.9 Å². The Kier molecular flexibility index (Phi) is 5.40. The fourth-order valence-electron chi connectivity index (χ4n) is 4.22. The van der Waals surface area contributed by atoms with Crippen LogP contribution in [0.25, 0.3) is 0 Å². The van der Waals surface area contributed by atoms with Gasteiger partial charge in [0, 0.05) is 25.3 Å². The maximum atomic E-state index is 13.0. The number of carbonyl (C=O) groups excluding carboxylic acids is 2. The number of hydrogen-bond acceptors (Lipinski definition) is 3. The monoisotopic (exact) mass is 418 g/mol. The summed E-state index contributed by atoms with van der Waals surface area (Å²) in [6, 6.07) is 14.8. The van der Waals surface area contributed by atoms with Gasteiger partial charge in [-0.15, -0.1) is 13.2 Å². The van der Waals surface area contributed by atoms with E-state index in [1.165, 1.54) is 24.3 Å². The van der Waals surface area contributed by atoms with Crippen molar-refractivity contribution in [2.75, 3.05) is 24.5 Å². The smallest absolute Gasteiger partial charge is 0.406 e. The number of likely N-dealkylation sites (tertiary alicyclic amines) is 1. The van der Waals surface area contributed by atoms with E-state index in [9.17, 15) is 22.8 Å². The number of halogens is 3. The molecule has 0 bridgehead atoms. The molecule has 2 aromatic carbocycles. The first-order valence-corrected chi connectivity index (χ1v) is 9.79. The number of amides is 2. The average Bonchev–Trinajstić information content (AvgIpc) is 3.14. The molecule has 30 heavy (non-hydrogen) atoms. The predicted molar refractivity (Wildman–Crippen MR) is 104 cm³/mol. The summed E-state index contributed by atoms with van der Waals surface area (Å²) in [6.07, 6.45) is -3.71.